The highest BCUT2D eigenvalue weighted by atomic mass is 79.9. The van der Waals surface area contributed by atoms with Crippen molar-refractivity contribution < 1.29 is 0 Å². The molecule has 0 unspecified atom stereocenters. The molecule has 102 valence electrons. The Hall–Kier alpha value is 0.1000. The fourth-order valence-electron chi connectivity index (χ4n) is 2.76. The molecule has 1 aliphatic carbocycles. The number of nitrogens with zero attached hydrogens (tertiary/aromatic N) is 1. The number of thiophene rings is 1. The Morgan fingerprint density at radius 3 is 2.67 bits per heavy atom. The fraction of sp³-hybridized carbons (Fsp3) is 0.714. The quantitative estimate of drug-likeness (QED) is 0.888. The lowest BCUT2D eigenvalue weighted by molar-refractivity contribution is 0.178. The Bertz CT molecular complexity index is 358. The molecule has 1 aromatic heterocycles. The van der Waals surface area contributed by atoms with Gasteiger partial charge in [-0.3, -0.25) is 0 Å². The maximum absolute atomic E-state index is 3.52. The molecule has 0 aliphatic heterocycles. The molecule has 0 radical (unpaired) electrons. The van der Waals surface area contributed by atoms with E-state index in [9.17, 15) is 0 Å². The summed E-state index contributed by atoms with van der Waals surface area (Å²) in [7, 11) is 4.37. The third-order valence-electron chi connectivity index (χ3n) is 4.06. The van der Waals surface area contributed by atoms with Gasteiger partial charge in [0, 0.05) is 33.4 Å². The molecular formula is C14H23BrN2S. The number of likely N-dealkylation sites (N-methyl/N-ethyl adjacent to an activating group) is 1. The second-order valence-corrected chi connectivity index (χ2v) is 7.17. The van der Waals surface area contributed by atoms with Crippen LogP contribution in [0, 0.1) is 0 Å². The number of hydrogen-bond donors (Lipinski definition) is 1. The summed E-state index contributed by atoms with van der Waals surface area (Å²) < 4.78 is 1.22. The number of halogens is 1. The maximum Gasteiger partial charge on any atom is 0.0285 e. The molecule has 0 saturated heterocycles. The number of rotatable bonds is 5. The second-order valence-electron chi connectivity index (χ2n) is 5.26. The van der Waals surface area contributed by atoms with Gasteiger partial charge in [-0.15, -0.1) is 11.3 Å². The molecule has 1 saturated carbocycles. The summed E-state index contributed by atoms with van der Waals surface area (Å²) in [6, 6.07) is 3.79. The van der Waals surface area contributed by atoms with Gasteiger partial charge in [-0.1, -0.05) is 0 Å². The van der Waals surface area contributed by atoms with E-state index in [1.54, 1.807) is 0 Å². The summed E-state index contributed by atoms with van der Waals surface area (Å²) in [5.41, 5.74) is 0. The van der Waals surface area contributed by atoms with Crippen LogP contribution in [0.4, 0.5) is 0 Å². The predicted octanol–water partition coefficient (Wildman–Crippen LogP) is 3.52. The molecule has 1 aliphatic rings. The first-order valence-electron chi connectivity index (χ1n) is 6.79. The van der Waals surface area contributed by atoms with E-state index < -0.39 is 0 Å². The van der Waals surface area contributed by atoms with Gasteiger partial charge in [0.1, 0.15) is 0 Å². The highest BCUT2D eigenvalue weighted by Crippen LogP contribution is 2.24. The number of hydrogen-bond acceptors (Lipinski definition) is 3. The van der Waals surface area contributed by atoms with Crippen molar-refractivity contribution in [3.05, 3.63) is 20.8 Å². The standard InChI is InChI=1S/C14H23BrN2S/c1-16-12-3-5-13(6-4-12)17(2)8-7-14-9-11(15)10-18-14/h9-10,12-13,16H,3-8H2,1-2H3. The zero-order chi connectivity index (χ0) is 13.0. The van der Waals surface area contributed by atoms with Gasteiger partial charge in [0.2, 0.25) is 0 Å². The van der Waals surface area contributed by atoms with Gasteiger partial charge in [0.05, 0.1) is 0 Å². The molecule has 2 nitrogen and oxygen atoms in total. The molecule has 1 heterocycles. The van der Waals surface area contributed by atoms with Crippen molar-refractivity contribution in [2.75, 3.05) is 20.6 Å². The third kappa shape index (κ3) is 4.05. The first-order chi connectivity index (χ1) is 8.69. The molecule has 0 atom stereocenters. The van der Waals surface area contributed by atoms with Crippen molar-refractivity contribution in [2.24, 2.45) is 0 Å². The van der Waals surface area contributed by atoms with E-state index in [0.29, 0.717) is 0 Å². The minimum absolute atomic E-state index is 0.753. The van der Waals surface area contributed by atoms with Crippen LogP contribution in [0.15, 0.2) is 15.9 Å². The van der Waals surface area contributed by atoms with E-state index in [1.165, 1.54) is 48.0 Å². The molecule has 0 spiro atoms. The van der Waals surface area contributed by atoms with E-state index in [4.69, 9.17) is 0 Å². The Kier molecular flexibility index (Phi) is 5.67. The molecule has 2 rings (SSSR count). The molecule has 4 heteroatoms. The third-order valence-corrected chi connectivity index (χ3v) is 5.82. The van der Waals surface area contributed by atoms with Gasteiger partial charge in [0.15, 0.2) is 0 Å². The lowest BCUT2D eigenvalue weighted by Crippen LogP contribution is -2.40. The Labute approximate surface area is 123 Å². The van der Waals surface area contributed by atoms with Gasteiger partial charge < -0.3 is 10.2 Å². The highest BCUT2D eigenvalue weighted by molar-refractivity contribution is 9.10. The zero-order valence-electron chi connectivity index (χ0n) is 11.3. The molecule has 18 heavy (non-hydrogen) atoms. The van der Waals surface area contributed by atoms with Crippen molar-refractivity contribution in [3.8, 4) is 0 Å². The molecule has 0 amide bonds. The number of nitrogens with one attached hydrogen (secondary N) is 1. The van der Waals surface area contributed by atoms with Crippen LogP contribution < -0.4 is 5.32 Å². The van der Waals surface area contributed by atoms with E-state index in [2.05, 4.69) is 51.7 Å². The zero-order valence-corrected chi connectivity index (χ0v) is 13.7. The van der Waals surface area contributed by atoms with E-state index in [0.717, 1.165) is 12.1 Å². The minimum atomic E-state index is 0.753. The monoisotopic (exact) mass is 330 g/mol. The Morgan fingerprint density at radius 1 is 1.39 bits per heavy atom. The van der Waals surface area contributed by atoms with Crippen LogP contribution in [0.2, 0.25) is 0 Å². The molecule has 0 bridgehead atoms. The lowest BCUT2D eigenvalue weighted by Gasteiger charge is -2.34. The van der Waals surface area contributed by atoms with Crippen LogP contribution in [0.3, 0.4) is 0 Å². The normalized spacial score (nSPS) is 24.7. The van der Waals surface area contributed by atoms with Gasteiger partial charge in [-0.25, -0.2) is 0 Å². The van der Waals surface area contributed by atoms with Crippen LogP contribution in [-0.4, -0.2) is 37.6 Å². The van der Waals surface area contributed by atoms with E-state index >= 15 is 0 Å². The van der Waals surface area contributed by atoms with Crippen molar-refractivity contribution in [1.29, 1.82) is 0 Å². The van der Waals surface area contributed by atoms with Gasteiger partial charge >= 0.3 is 0 Å². The molecule has 0 aromatic carbocycles. The van der Waals surface area contributed by atoms with Gasteiger partial charge in [0.25, 0.3) is 0 Å². The highest BCUT2D eigenvalue weighted by Gasteiger charge is 2.22. The van der Waals surface area contributed by atoms with E-state index in [1.807, 2.05) is 11.3 Å². The Morgan fingerprint density at radius 2 is 2.11 bits per heavy atom. The lowest BCUT2D eigenvalue weighted by atomic mass is 9.90. The summed E-state index contributed by atoms with van der Waals surface area (Å²) in [5, 5.41) is 5.58. The summed E-state index contributed by atoms with van der Waals surface area (Å²) in [5.74, 6) is 0. The summed E-state index contributed by atoms with van der Waals surface area (Å²) in [6.45, 7) is 1.18. The molecular weight excluding hydrogens is 308 g/mol. The predicted molar refractivity (Wildman–Crippen MR) is 83.5 cm³/mol. The SMILES string of the molecule is CNC1CCC(N(C)CCc2cc(Br)cs2)CC1. The summed E-state index contributed by atoms with van der Waals surface area (Å²) >= 11 is 5.38. The molecule has 1 N–H and O–H groups in total. The van der Waals surface area contributed by atoms with Crippen LogP contribution in [0.1, 0.15) is 30.6 Å². The average molecular weight is 331 g/mol. The van der Waals surface area contributed by atoms with Gasteiger partial charge in [-0.2, -0.15) is 0 Å². The average Bonchev–Trinajstić information content (AvgIpc) is 2.82. The first-order valence-corrected chi connectivity index (χ1v) is 8.46. The van der Waals surface area contributed by atoms with Crippen LogP contribution in [0.25, 0.3) is 0 Å². The summed E-state index contributed by atoms with van der Waals surface area (Å²) in [6.07, 6.45) is 6.52. The first kappa shape index (κ1) is 14.5. The van der Waals surface area contributed by atoms with Crippen LogP contribution >= 0.6 is 27.3 Å². The summed E-state index contributed by atoms with van der Waals surface area (Å²) in [4.78, 5) is 4.04. The second kappa shape index (κ2) is 7.04. The maximum atomic E-state index is 3.52. The molecule has 1 fully saturated rings. The van der Waals surface area contributed by atoms with Crippen molar-refractivity contribution in [2.45, 2.75) is 44.2 Å². The fourth-order valence-corrected chi connectivity index (χ4v) is 4.20. The van der Waals surface area contributed by atoms with Gasteiger partial charge in [-0.05, 0) is 68.2 Å². The topological polar surface area (TPSA) is 15.3 Å². The van der Waals surface area contributed by atoms with Crippen molar-refractivity contribution in [1.82, 2.24) is 10.2 Å². The largest absolute Gasteiger partial charge is 0.317 e. The van der Waals surface area contributed by atoms with Crippen molar-refractivity contribution in [3.63, 3.8) is 0 Å². The van der Waals surface area contributed by atoms with Crippen molar-refractivity contribution >= 4 is 27.3 Å². The minimum Gasteiger partial charge on any atom is -0.317 e. The Balaban J connectivity index is 1.73. The van der Waals surface area contributed by atoms with Crippen LogP contribution in [-0.2, 0) is 6.42 Å². The molecule has 1 aromatic rings. The smallest absolute Gasteiger partial charge is 0.0285 e. The van der Waals surface area contributed by atoms with E-state index in [-0.39, 0.29) is 0 Å². The van der Waals surface area contributed by atoms with Crippen LogP contribution in [0.5, 0.6) is 0 Å².